The fourth-order valence-electron chi connectivity index (χ4n) is 3.81. The van der Waals surface area contributed by atoms with E-state index in [9.17, 15) is 9.59 Å². The van der Waals surface area contributed by atoms with Crippen LogP contribution in [0.4, 0.5) is 0 Å². The van der Waals surface area contributed by atoms with Crippen LogP contribution in [0.3, 0.4) is 0 Å². The lowest BCUT2D eigenvalue weighted by atomic mass is 9.85. The van der Waals surface area contributed by atoms with Gasteiger partial charge in [-0.25, -0.2) is 4.98 Å². The number of nitrogens with zero attached hydrogens (tertiary/aromatic N) is 2. The molecule has 1 aliphatic heterocycles. The number of hydrogen-bond donors (Lipinski definition) is 1. The molecule has 1 aromatic carbocycles. The average molecular weight is 430 g/mol. The van der Waals surface area contributed by atoms with Crippen molar-refractivity contribution >= 4 is 23.2 Å². The van der Waals surface area contributed by atoms with Crippen LogP contribution < -0.4 is 5.32 Å². The Morgan fingerprint density at radius 1 is 1.23 bits per heavy atom. The Labute approximate surface area is 182 Å². The number of carbonyl (C=O) groups is 2. The number of ether oxygens (including phenoxy) is 1. The zero-order valence-corrected chi connectivity index (χ0v) is 19.1. The maximum atomic E-state index is 13.1. The standard InChI is InChI=1S/C23H31N3O3S/c1-15-5-7-19(8-6-15)22-25-17(3)20(30-22)23(28)26-12-9-18(10-13-26)16(2)21(27)24-11-14-29-4/h5-8,16,18H,9-14H2,1-4H3,(H,24,27). The molecular formula is C23H31N3O3S. The van der Waals surface area contributed by atoms with Crippen molar-refractivity contribution in [1.82, 2.24) is 15.2 Å². The molecule has 1 aliphatic rings. The fourth-order valence-corrected chi connectivity index (χ4v) is 4.85. The number of aromatic nitrogens is 1. The molecule has 2 amide bonds. The fraction of sp³-hybridized carbons (Fsp3) is 0.522. The van der Waals surface area contributed by atoms with Gasteiger partial charge in [0.2, 0.25) is 5.91 Å². The molecule has 0 spiro atoms. The van der Waals surface area contributed by atoms with E-state index in [0.29, 0.717) is 32.2 Å². The summed E-state index contributed by atoms with van der Waals surface area (Å²) in [7, 11) is 1.62. The lowest BCUT2D eigenvalue weighted by molar-refractivity contribution is -0.126. The van der Waals surface area contributed by atoms with Crippen LogP contribution in [0.1, 0.15) is 40.7 Å². The molecule has 1 N–H and O–H groups in total. The van der Waals surface area contributed by atoms with Gasteiger partial charge in [0, 0.05) is 38.2 Å². The smallest absolute Gasteiger partial charge is 0.265 e. The van der Waals surface area contributed by atoms with Crippen molar-refractivity contribution in [3.05, 3.63) is 40.4 Å². The molecule has 0 radical (unpaired) electrons. The molecule has 1 aromatic heterocycles. The first-order valence-electron chi connectivity index (χ1n) is 10.5. The predicted octanol–water partition coefficient (Wildman–Crippen LogP) is 3.68. The second-order valence-corrected chi connectivity index (χ2v) is 9.00. The number of amides is 2. The predicted molar refractivity (Wildman–Crippen MR) is 120 cm³/mol. The van der Waals surface area contributed by atoms with Crippen LogP contribution in [-0.4, -0.2) is 55.0 Å². The van der Waals surface area contributed by atoms with Crippen molar-refractivity contribution in [2.45, 2.75) is 33.6 Å². The number of thiazole rings is 1. The molecular weight excluding hydrogens is 398 g/mol. The van der Waals surface area contributed by atoms with E-state index in [2.05, 4.69) is 29.4 Å². The van der Waals surface area contributed by atoms with Crippen LogP contribution in [0.25, 0.3) is 10.6 Å². The molecule has 7 heteroatoms. The lowest BCUT2D eigenvalue weighted by Gasteiger charge is -2.34. The van der Waals surface area contributed by atoms with Crippen LogP contribution in [-0.2, 0) is 9.53 Å². The van der Waals surface area contributed by atoms with Crippen molar-refractivity contribution in [3.63, 3.8) is 0 Å². The van der Waals surface area contributed by atoms with Gasteiger partial charge in [-0.3, -0.25) is 9.59 Å². The number of likely N-dealkylation sites (tertiary alicyclic amines) is 1. The normalized spacial score (nSPS) is 15.8. The Balaban J connectivity index is 1.59. The van der Waals surface area contributed by atoms with E-state index in [4.69, 9.17) is 4.74 Å². The SMILES string of the molecule is COCCNC(=O)C(C)C1CCN(C(=O)c2sc(-c3ccc(C)cc3)nc2C)CC1. The van der Waals surface area contributed by atoms with E-state index in [1.54, 1.807) is 7.11 Å². The van der Waals surface area contributed by atoms with E-state index in [0.717, 1.165) is 34.0 Å². The number of aryl methyl sites for hydroxylation is 2. The topological polar surface area (TPSA) is 71.5 Å². The molecule has 0 aliphatic carbocycles. The Morgan fingerprint density at radius 2 is 1.90 bits per heavy atom. The van der Waals surface area contributed by atoms with Gasteiger partial charge in [0.15, 0.2) is 0 Å². The van der Waals surface area contributed by atoms with Crippen LogP contribution in [0.2, 0.25) is 0 Å². The summed E-state index contributed by atoms with van der Waals surface area (Å²) in [5, 5.41) is 3.80. The van der Waals surface area contributed by atoms with Gasteiger partial charge in [0.25, 0.3) is 5.91 Å². The Hall–Kier alpha value is -2.25. The summed E-state index contributed by atoms with van der Waals surface area (Å²) in [4.78, 5) is 32.7. The summed E-state index contributed by atoms with van der Waals surface area (Å²) < 4.78 is 4.98. The molecule has 6 nitrogen and oxygen atoms in total. The van der Waals surface area contributed by atoms with Crippen molar-refractivity contribution < 1.29 is 14.3 Å². The molecule has 0 saturated carbocycles. The first-order chi connectivity index (χ1) is 14.4. The summed E-state index contributed by atoms with van der Waals surface area (Å²) in [6.07, 6.45) is 1.68. The number of carbonyl (C=O) groups excluding carboxylic acids is 2. The summed E-state index contributed by atoms with van der Waals surface area (Å²) in [5.41, 5.74) is 3.03. The van der Waals surface area contributed by atoms with Crippen molar-refractivity contribution in [3.8, 4) is 10.6 Å². The highest BCUT2D eigenvalue weighted by atomic mass is 32.1. The Bertz CT molecular complexity index is 870. The van der Waals surface area contributed by atoms with Gasteiger partial charge in [-0.05, 0) is 32.6 Å². The molecule has 162 valence electrons. The summed E-state index contributed by atoms with van der Waals surface area (Å²) in [6, 6.07) is 8.22. The number of hydrogen-bond acceptors (Lipinski definition) is 5. The Morgan fingerprint density at radius 3 is 2.53 bits per heavy atom. The van der Waals surface area contributed by atoms with Crippen LogP contribution in [0.5, 0.6) is 0 Å². The van der Waals surface area contributed by atoms with Gasteiger partial charge in [-0.1, -0.05) is 36.8 Å². The molecule has 30 heavy (non-hydrogen) atoms. The third-order valence-corrected chi connectivity index (χ3v) is 7.04. The van der Waals surface area contributed by atoms with Crippen molar-refractivity contribution in [1.29, 1.82) is 0 Å². The van der Waals surface area contributed by atoms with E-state index >= 15 is 0 Å². The van der Waals surface area contributed by atoms with Crippen molar-refractivity contribution in [2.24, 2.45) is 11.8 Å². The highest BCUT2D eigenvalue weighted by Crippen LogP contribution is 2.31. The summed E-state index contributed by atoms with van der Waals surface area (Å²) in [5.74, 6) is 0.358. The molecule has 0 bridgehead atoms. The lowest BCUT2D eigenvalue weighted by Crippen LogP contribution is -2.43. The van der Waals surface area contributed by atoms with Crippen LogP contribution in [0.15, 0.2) is 24.3 Å². The minimum absolute atomic E-state index is 0.0546. The third-order valence-electron chi connectivity index (χ3n) is 5.84. The summed E-state index contributed by atoms with van der Waals surface area (Å²) >= 11 is 1.47. The second kappa shape index (κ2) is 10.2. The molecule has 1 unspecified atom stereocenters. The minimum Gasteiger partial charge on any atom is -0.383 e. The Kier molecular flexibility index (Phi) is 7.61. The highest BCUT2D eigenvalue weighted by Gasteiger charge is 2.31. The number of benzene rings is 1. The quantitative estimate of drug-likeness (QED) is 0.682. The van der Waals surface area contributed by atoms with E-state index in [-0.39, 0.29) is 17.7 Å². The van der Waals surface area contributed by atoms with Gasteiger partial charge in [0.1, 0.15) is 9.88 Å². The van der Waals surface area contributed by atoms with E-state index in [1.807, 2.05) is 30.9 Å². The van der Waals surface area contributed by atoms with E-state index < -0.39 is 0 Å². The van der Waals surface area contributed by atoms with Gasteiger partial charge in [-0.2, -0.15) is 0 Å². The number of methoxy groups -OCH3 is 1. The number of nitrogens with one attached hydrogen (secondary N) is 1. The van der Waals surface area contributed by atoms with Gasteiger partial charge >= 0.3 is 0 Å². The van der Waals surface area contributed by atoms with Gasteiger partial charge in [0.05, 0.1) is 12.3 Å². The van der Waals surface area contributed by atoms with Crippen LogP contribution >= 0.6 is 11.3 Å². The maximum absolute atomic E-state index is 13.1. The molecule has 1 fully saturated rings. The summed E-state index contributed by atoms with van der Waals surface area (Å²) in [6.45, 7) is 8.34. The third kappa shape index (κ3) is 5.26. The molecule has 1 atom stereocenters. The largest absolute Gasteiger partial charge is 0.383 e. The number of piperidine rings is 1. The van der Waals surface area contributed by atoms with Crippen LogP contribution in [0, 0.1) is 25.7 Å². The molecule has 2 aromatic rings. The van der Waals surface area contributed by atoms with Gasteiger partial charge < -0.3 is 15.0 Å². The van der Waals surface area contributed by atoms with E-state index in [1.165, 1.54) is 16.9 Å². The van der Waals surface area contributed by atoms with Gasteiger partial charge in [-0.15, -0.1) is 11.3 Å². The molecule has 3 rings (SSSR count). The number of rotatable bonds is 7. The first kappa shape index (κ1) is 22.4. The zero-order chi connectivity index (χ0) is 21.7. The second-order valence-electron chi connectivity index (χ2n) is 8.00. The molecule has 2 heterocycles. The monoisotopic (exact) mass is 429 g/mol. The minimum atomic E-state index is -0.0580. The first-order valence-corrected chi connectivity index (χ1v) is 11.3. The zero-order valence-electron chi connectivity index (χ0n) is 18.2. The average Bonchev–Trinajstić information content (AvgIpc) is 3.15. The molecule has 1 saturated heterocycles. The highest BCUT2D eigenvalue weighted by molar-refractivity contribution is 7.17. The van der Waals surface area contributed by atoms with Crippen molar-refractivity contribution in [2.75, 3.05) is 33.4 Å². The maximum Gasteiger partial charge on any atom is 0.265 e.